The molecular formula is C46H71N5O9. The summed E-state index contributed by atoms with van der Waals surface area (Å²) >= 11 is 0. The number of hydrogen-bond donors (Lipinski definition) is 3. The maximum Gasteiger partial charge on any atom is 0.425 e. The van der Waals surface area contributed by atoms with Crippen LogP contribution in [0.1, 0.15) is 99.5 Å². The molecule has 14 atom stereocenters. The number of aliphatic hydroxyl groups excluding tert-OH is 1. The van der Waals surface area contributed by atoms with E-state index in [9.17, 15) is 19.5 Å². The number of nitrogens with one attached hydrogen (secondary N) is 2. The molecule has 3 aliphatic heterocycles. The molecule has 1 aliphatic carbocycles. The minimum absolute atomic E-state index is 0.0886. The second kappa shape index (κ2) is 19.0. The summed E-state index contributed by atoms with van der Waals surface area (Å²) in [5.41, 5.74) is 3.23. The number of ether oxygens (including phenoxy) is 5. The van der Waals surface area contributed by atoms with Crippen molar-refractivity contribution in [2.75, 3.05) is 27.7 Å². The van der Waals surface area contributed by atoms with Crippen LogP contribution in [0.3, 0.4) is 0 Å². The number of pyridine rings is 1. The molecule has 1 aromatic carbocycles. The van der Waals surface area contributed by atoms with Gasteiger partial charge in [-0.05, 0) is 116 Å². The number of carbonyl (C=O) groups is 3. The number of hydrazine groups is 1. The first-order valence-electron chi connectivity index (χ1n) is 22.2. The number of aromatic nitrogens is 1. The number of aliphatic hydroxyl groups is 1. The Hall–Kier alpha value is -3.24. The Morgan fingerprint density at radius 2 is 1.77 bits per heavy atom. The van der Waals surface area contributed by atoms with Crippen LogP contribution in [-0.2, 0) is 39.7 Å². The van der Waals surface area contributed by atoms with Crippen LogP contribution in [0.25, 0.3) is 10.9 Å². The number of fused-ring (bicyclic) bond motifs is 2. The zero-order valence-corrected chi connectivity index (χ0v) is 37.7. The van der Waals surface area contributed by atoms with Crippen LogP contribution in [0.5, 0.6) is 0 Å². The predicted molar refractivity (Wildman–Crippen MR) is 228 cm³/mol. The molecule has 4 fully saturated rings. The van der Waals surface area contributed by atoms with Gasteiger partial charge in [0.2, 0.25) is 0 Å². The fourth-order valence-electron chi connectivity index (χ4n) is 10.4. The number of methoxy groups -OCH3 is 1. The molecule has 1 aromatic heterocycles. The molecule has 6 rings (SSSR count). The number of esters is 1. The molecule has 2 aromatic rings. The average Bonchev–Trinajstić information content (AvgIpc) is 4.01. The first-order valence-corrected chi connectivity index (χ1v) is 22.2. The number of para-hydroxylation sites is 1. The number of cyclic esters (lactones) is 1. The van der Waals surface area contributed by atoms with E-state index in [0.717, 1.165) is 36.6 Å². The number of carbonyl (C=O) groups excluding carboxylic acids is 3. The highest BCUT2D eigenvalue weighted by Gasteiger charge is 2.61. The van der Waals surface area contributed by atoms with Crippen LogP contribution in [-0.4, -0.2) is 132 Å². The van der Waals surface area contributed by atoms with Gasteiger partial charge >= 0.3 is 12.1 Å². The number of rotatable bonds is 12. The lowest BCUT2D eigenvalue weighted by atomic mass is 9.71. The van der Waals surface area contributed by atoms with Gasteiger partial charge in [-0.2, -0.15) is 0 Å². The first-order chi connectivity index (χ1) is 28.4. The van der Waals surface area contributed by atoms with Gasteiger partial charge < -0.3 is 39.0 Å². The zero-order chi connectivity index (χ0) is 43.7. The van der Waals surface area contributed by atoms with Gasteiger partial charge in [-0.1, -0.05) is 45.9 Å². The van der Waals surface area contributed by atoms with E-state index in [1.165, 1.54) is 5.56 Å². The maximum absolute atomic E-state index is 14.5. The molecule has 3 N–H and O–H groups in total. The van der Waals surface area contributed by atoms with E-state index < -0.39 is 65.7 Å². The SMILES string of the molecule is CC[C@@H]1OC(=O)[C@H](C)C(=O)[C@H](C)[C@@H](O[C@@H]2O[C@H](C)C[C@H](N(C)C)[C@H]2O)[C@@](C)(OC)C[C@@H](C)C(NC2CC2)[C@@H](C)[C@H]2N(NCCCc3ccnc4ccccc34)C(=O)O[C@]12C. The molecule has 1 unspecified atom stereocenters. The van der Waals surface area contributed by atoms with Gasteiger partial charge in [0.15, 0.2) is 17.7 Å². The summed E-state index contributed by atoms with van der Waals surface area (Å²) in [6.45, 7) is 15.8. The standard InChI is InChI=1S/C46H71N5O9/c1-12-36-46(8)40(51(44(55)60-46)48-22-15-16-31-21-23-47-34-18-14-13-17-33(31)34)28(4)37(49-32-19-20-32)26(2)25-45(7,56-11)41(29(5)38(52)30(6)42(54)58-36)59-43-39(53)35(50(9)10)24-27(3)57-43/h13-14,17-18,21,23,26-30,32,35-37,39-41,43,48-49,53H,12,15-16,19-20,22,24-25H2,1-11H3/t26-,27-,28-,29+,30-,35+,36+,37?,39-,40-,41-,43+,45+,46-/m1/s1. The number of amides is 1. The van der Waals surface area contributed by atoms with E-state index in [0.29, 0.717) is 31.8 Å². The second-order valence-corrected chi connectivity index (χ2v) is 18.8. The second-order valence-electron chi connectivity index (χ2n) is 18.8. The highest BCUT2D eigenvalue weighted by Crippen LogP contribution is 2.44. The fourth-order valence-corrected chi connectivity index (χ4v) is 10.4. The van der Waals surface area contributed by atoms with Crippen molar-refractivity contribution >= 4 is 28.7 Å². The van der Waals surface area contributed by atoms with E-state index in [-0.39, 0.29) is 35.8 Å². The van der Waals surface area contributed by atoms with Crippen molar-refractivity contribution in [3.8, 4) is 0 Å². The maximum atomic E-state index is 14.5. The number of nitrogens with zero attached hydrogens (tertiary/aromatic N) is 3. The molecule has 14 nitrogen and oxygen atoms in total. The van der Waals surface area contributed by atoms with Crippen molar-refractivity contribution in [2.45, 2.75) is 166 Å². The summed E-state index contributed by atoms with van der Waals surface area (Å²) < 4.78 is 32.1. The van der Waals surface area contributed by atoms with Gasteiger partial charge in [0.05, 0.1) is 29.4 Å². The van der Waals surface area contributed by atoms with Gasteiger partial charge in [-0.3, -0.25) is 14.6 Å². The molecular weight excluding hydrogens is 767 g/mol. The first kappa shape index (κ1) is 46.3. The third kappa shape index (κ3) is 9.55. The third-order valence-corrected chi connectivity index (χ3v) is 14.0. The lowest BCUT2D eigenvalue weighted by Crippen LogP contribution is -2.63. The molecule has 1 saturated carbocycles. The molecule has 60 heavy (non-hydrogen) atoms. The van der Waals surface area contributed by atoms with E-state index in [1.54, 1.807) is 26.0 Å². The van der Waals surface area contributed by atoms with Crippen molar-refractivity contribution in [3.63, 3.8) is 0 Å². The molecule has 3 saturated heterocycles. The Balaban J connectivity index is 1.35. The lowest BCUT2D eigenvalue weighted by Gasteiger charge is -2.48. The number of ketones is 1. The Morgan fingerprint density at radius 1 is 1.05 bits per heavy atom. The van der Waals surface area contributed by atoms with E-state index in [1.807, 2.05) is 77.2 Å². The molecule has 14 heteroatoms. The normalized spacial score (nSPS) is 38.4. The third-order valence-electron chi connectivity index (χ3n) is 14.0. The largest absolute Gasteiger partial charge is 0.458 e. The zero-order valence-electron chi connectivity index (χ0n) is 37.7. The van der Waals surface area contributed by atoms with Crippen molar-refractivity contribution < 1.29 is 43.2 Å². The molecule has 0 bridgehead atoms. The summed E-state index contributed by atoms with van der Waals surface area (Å²) in [5.74, 6) is -3.44. The number of benzene rings is 1. The van der Waals surface area contributed by atoms with Crippen LogP contribution in [0, 0.1) is 23.7 Å². The Morgan fingerprint density at radius 3 is 2.43 bits per heavy atom. The van der Waals surface area contributed by atoms with Crippen molar-refractivity contribution in [1.29, 1.82) is 0 Å². The van der Waals surface area contributed by atoms with E-state index in [2.05, 4.69) is 35.6 Å². The Kier molecular flexibility index (Phi) is 14.7. The highest BCUT2D eigenvalue weighted by molar-refractivity contribution is 6.00. The summed E-state index contributed by atoms with van der Waals surface area (Å²) in [7, 11) is 5.44. The van der Waals surface area contributed by atoms with Crippen LogP contribution in [0.2, 0.25) is 0 Å². The number of Topliss-reactive ketones (excluding diaryl/α,β-unsaturated/α-hetero) is 1. The van der Waals surface area contributed by atoms with E-state index in [4.69, 9.17) is 23.7 Å². The monoisotopic (exact) mass is 838 g/mol. The quantitative estimate of drug-likeness (QED) is 0.141. The minimum atomic E-state index is -1.26. The fraction of sp³-hybridized carbons (Fsp3) is 0.739. The Bertz CT molecular complexity index is 1810. The lowest BCUT2D eigenvalue weighted by molar-refractivity contribution is -0.295. The van der Waals surface area contributed by atoms with Gasteiger partial charge in [0, 0.05) is 49.3 Å². The van der Waals surface area contributed by atoms with Crippen LogP contribution in [0.15, 0.2) is 36.5 Å². The highest BCUT2D eigenvalue weighted by atomic mass is 16.7. The average molecular weight is 838 g/mol. The number of aryl methyl sites for hydroxylation is 1. The van der Waals surface area contributed by atoms with E-state index >= 15 is 0 Å². The van der Waals surface area contributed by atoms with Gasteiger partial charge in [0.1, 0.15) is 18.1 Å². The van der Waals surface area contributed by atoms with Crippen molar-refractivity contribution in [2.24, 2.45) is 23.7 Å². The summed E-state index contributed by atoms with van der Waals surface area (Å²) in [6, 6.07) is 9.45. The molecule has 4 aliphatic rings. The van der Waals surface area contributed by atoms with Crippen LogP contribution >= 0.6 is 0 Å². The van der Waals surface area contributed by atoms with Gasteiger partial charge in [0.25, 0.3) is 0 Å². The van der Waals surface area contributed by atoms with Gasteiger partial charge in [-0.15, -0.1) is 0 Å². The Labute approximate surface area is 356 Å². The topological polar surface area (TPSA) is 161 Å². The molecule has 1 amide bonds. The predicted octanol–water partition coefficient (Wildman–Crippen LogP) is 5.43. The van der Waals surface area contributed by atoms with Crippen molar-refractivity contribution in [1.82, 2.24) is 25.6 Å². The van der Waals surface area contributed by atoms with Crippen LogP contribution < -0.4 is 10.7 Å². The molecule has 4 heterocycles. The number of likely N-dealkylation sites (N-methyl/N-ethyl adjacent to an activating group) is 1. The summed E-state index contributed by atoms with van der Waals surface area (Å²) in [4.78, 5) is 49.3. The molecule has 0 spiro atoms. The summed E-state index contributed by atoms with van der Waals surface area (Å²) in [5, 5.41) is 18.2. The van der Waals surface area contributed by atoms with Crippen molar-refractivity contribution in [3.05, 3.63) is 42.1 Å². The molecule has 0 radical (unpaired) electrons. The summed E-state index contributed by atoms with van der Waals surface area (Å²) in [6.07, 6.45) is 2.25. The van der Waals surface area contributed by atoms with Crippen LogP contribution in [0.4, 0.5) is 4.79 Å². The minimum Gasteiger partial charge on any atom is -0.458 e. The number of hydrogen-bond acceptors (Lipinski definition) is 13. The smallest absolute Gasteiger partial charge is 0.425 e. The van der Waals surface area contributed by atoms with Gasteiger partial charge in [-0.25, -0.2) is 15.2 Å². The molecule has 334 valence electrons.